The summed E-state index contributed by atoms with van der Waals surface area (Å²) in [6.45, 7) is 6.84. The maximum atomic E-state index is 12.7. The van der Waals surface area contributed by atoms with Crippen LogP contribution in [0, 0.1) is 16.0 Å². The van der Waals surface area contributed by atoms with Gasteiger partial charge in [-0.3, -0.25) is 10.1 Å². The highest BCUT2D eigenvalue weighted by Crippen LogP contribution is 2.31. The molecule has 1 aromatic rings. The molecule has 1 aliphatic heterocycles. The quantitative estimate of drug-likeness (QED) is 0.601. The van der Waals surface area contributed by atoms with E-state index in [1.807, 2.05) is 0 Å². The second-order valence-electron chi connectivity index (χ2n) is 5.63. The van der Waals surface area contributed by atoms with E-state index < -0.39 is 14.9 Å². The van der Waals surface area contributed by atoms with Crippen LogP contribution in [-0.2, 0) is 10.0 Å². The maximum Gasteiger partial charge on any atom is 0.325 e. The van der Waals surface area contributed by atoms with Gasteiger partial charge in [0.25, 0.3) is 0 Å². The SMILES string of the molecule is CCN1CCC(N(C)S(=O)(=O)c2csc([N+](=O)[O-])c2)C(C)C1. The molecule has 0 bridgehead atoms. The van der Waals surface area contributed by atoms with E-state index >= 15 is 0 Å². The van der Waals surface area contributed by atoms with Gasteiger partial charge in [-0.05, 0) is 25.4 Å². The van der Waals surface area contributed by atoms with Crippen molar-refractivity contribution in [1.29, 1.82) is 0 Å². The molecular weight excluding hydrogens is 326 g/mol. The zero-order valence-corrected chi connectivity index (χ0v) is 14.6. The van der Waals surface area contributed by atoms with Gasteiger partial charge in [-0.1, -0.05) is 25.2 Å². The number of piperidine rings is 1. The van der Waals surface area contributed by atoms with E-state index in [4.69, 9.17) is 0 Å². The highest BCUT2D eigenvalue weighted by Gasteiger charge is 2.35. The Balaban J connectivity index is 2.19. The summed E-state index contributed by atoms with van der Waals surface area (Å²) >= 11 is 0.840. The predicted molar refractivity (Wildman–Crippen MR) is 85.6 cm³/mol. The fourth-order valence-electron chi connectivity index (χ4n) is 2.93. The van der Waals surface area contributed by atoms with Crippen molar-refractivity contribution in [1.82, 2.24) is 9.21 Å². The Morgan fingerprint density at radius 3 is 2.73 bits per heavy atom. The number of sulfonamides is 1. The van der Waals surface area contributed by atoms with Gasteiger partial charge in [0.05, 0.1) is 4.92 Å². The summed E-state index contributed by atoms with van der Waals surface area (Å²) in [5, 5.41) is 11.9. The van der Waals surface area contributed by atoms with Gasteiger partial charge in [-0.15, -0.1) is 0 Å². The molecule has 0 spiro atoms. The maximum absolute atomic E-state index is 12.7. The first-order valence-electron chi connectivity index (χ1n) is 7.20. The monoisotopic (exact) mass is 347 g/mol. The Morgan fingerprint density at radius 2 is 2.23 bits per heavy atom. The number of thiophene rings is 1. The van der Waals surface area contributed by atoms with Gasteiger partial charge in [-0.25, -0.2) is 8.42 Å². The van der Waals surface area contributed by atoms with Crippen LogP contribution in [0.1, 0.15) is 20.3 Å². The lowest BCUT2D eigenvalue weighted by molar-refractivity contribution is -0.380. The molecule has 9 heteroatoms. The lowest BCUT2D eigenvalue weighted by Crippen LogP contribution is -2.50. The second kappa shape index (κ2) is 6.61. The first-order chi connectivity index (χ1) is 10.3. The second-order valence-corrected chi connectivity index (χ2v) is 8.51. The molecule has 0 radical (unpaired) electrons. The van der Waals surface area contributed by atoms with Crippen molar-refractivity contribution in [2.75, 3.05) is 26.7 Å². The van der Waals surface area contributed by atoms with Gasteiger partial charge in [-0.2, -0.15) is 4.31 Å². The molecule has 124 valence electrons. The Bertz CT molecular complexity index is 643. The summed E-state index contributed by atoms with van der Waals surface area (Å²) in [7, 11) is -2.12. The van der Waals surface area contributed by atoms with Crippen molar-refractivity contribution in [3.63, 3.8) is 0 Å². The molecular formula is C13H21N3O4S2. The highest BCUT2D eigenvalue weighted by molar-refractivity contribution is 7.89. The minimum absolute atomic E-state index is 0.0109. The Morgan fingerprint density at radius 1 is 1.55 bits per heavy atom. The average Bonchev–Trinajstić information content (AvgIpc) is 2.97. The molecule has 2 rings (SSSR count). The minimum Gasteiger partial charge on any atom is -0.303 e. The highest BCUT2D eigenvalue weighted by atomic mass is 32.2. The molecule has 2 heterocycles. The van der Waals surface area contributed by atoms with Crippen molar-refractivity contribution < 1.29 is 13.3 Å². The molecule has 1 fully saturated rings. The van der Waals surface area contributed by atoms with Crippen LogP contribution in [0.3, 0.4) is 0 Å². The van der Waals surface area contributed by atoms with Crippen LogP contribution in [-0.4, -0.2) is 55.3 Å². The van der Waals surface area contributed by atoms with Crippen molar-refractivity contribution in [3.05, 3.63) is 21.6 Å². The standard InChI is InChI=1S/C13H21N3O4S2/c1-4-15-6-5-12(10(2)8-15)14(3)22(19,20)11-7-13(16(17)18)21-9-11/h7,9-10,12H,4-6,8H2,1-3H3. The zero-order valence-electron chi connectivity index (χ0n) is 12.9. The third kappa shape index (κ3) is 3.32. The molecule has 0 N–H and O–H groups in total. The Hall–Kier alpha value is -1.03. The third-order valence-corrected chi connectivity index (χ3v) is 7.17. The number of nitrogens with zero attached hydrogens (tertiary/aromatic N) is 3. The zero-order chi connectivity index (χ0) is 16.5. The van der Waals surface area contributed by atoms with Gasteiger partial charge in [0.15, 0.2) is 0 Å². The molecule has 0 aliphatic carbocycles. The van der Waals surface area contributed by atoms with Crippen molar-refractivity contribution in [3.8, 4) is 0 Å². The van der Waals surface area contributed by atoms with Gasteiger partial charge < -0.3 is 4.90 Å². The Labute approximate surface area is 134 Å². The molecule has 22 heavy (non-hydrogen) atoms. The average molecular weight is 347 g/mol. The van der Waals surface area contributed by atoms with E-state index in [-0.39, 0.29) is 21.9 Å². The van der Waals surface area contributed by atoms with Gasteiger partial charge in [0, 0.05) is 31.1 Å². The summed E-state index contributed by atoms with van der Waals surface area (Å²) < 4.78 is 26.7. The normalized spacial score (nSPS) is 23.8. The van der Waals surface area contributed by atoms with E-state index in [0.717, 1.165) is 43.5 Å². The van der Waals surface area contributed by atoms with Gasteiger partial charge >= 0.3 is 5.00 Å². The fraction of sp³-hybridized carbons (Fsp3) is 0.692. The van der Waals surface area contributed by atoms with Crippen molar-refractivity contribution in [2.24, 2.45) is 5.92 Å². The number of hydrogen-bond acceptors (Lipinski definition) is 6. The van der Waals surface area contributed by atoms with Crippen LogP contribution in [0.5, 0.6) is 0 Å². The number of hydrogen-bond donors (Lipinski definition) is 0. The van der Waals surface area contributed by atoms with E-state index in [2.05, 4.69) is 18.7 Å². The van der Waals surface area contributed by atoms with Crippen LogP contribution in [0.25, 0.3) is 0 Å². The fourth-order valence-corrected chi connectivity index (χ4v) is 5.48. The van der Waals surface area contributed by atoms with Gasteiger partial charge in [0.2, 0.25) is 10.0 Å². The molecule has 7 nitrogen and oxygen atoms in total. The molecule has 0 amide bonds. The largest absolute Gasteiger partial charge is 0.325 e. The van der Waals surface area contributed by atoms with E-state index in [0.29, 0.717) is 0 Å². The topological polar surface area (TPSA) is 83.8 Å². The number of rotatable bonds is 5. The van der Waals surface area contributed by atoms with Gasteiger partial charge in [0.1, 0.15) is 4.90 Å². The lowest BCUT2D eigenvalue weighted by Gasteiger charge is -2.40. The molecule has 2 atom stereocenters. The molecule has 0 aromatic carbocycles. The van der Waals surface area contributed by atoms with Crippen molar-refractivity contribution in [2.45, 2.75) is 31.2 Å². The van der Waals surface area contributed by atoms with E-state index in [1.54, 1.807) is 7.05 Å². The van der Waals surface area contributed by atoms with Crippen LogP contribution >= 0.6 is 11.3 Å². The summed E-state index contributed by atoms with van der Waals surface area (Å²) in [5.41, 5.74) is 0. The summed E-state index contributed by atoms with van der Waals surface area (Å²) in [6, 6.07) is 1.06. The smallest absolute Gasteiger partial charge is 0.303 e. The molecule has 2 unspecified atom stereocenters. The summed E-state index contributed by atoms with van der Waals surface area (Å²) in [4.78, 5) is 12.5. The van der Waals surface area contributed by atoms with Crippen molar-refractivity contribution >= 4 is 26.4 Å². The van der Waals surface area contributed by atoms with Crippen LogP contribution < -0.4 is 0 Å². The minimum atomic E-state index is -3.69. The third-order valence-electron chi connectivity index (χ3n) is 4.28. The molecule has 1 aromatic heterocycles. The molecule has 1 aliphatic rings. The molecule has 1 saturated heterocycles. The summed E-state index contributed by atoms with van der Waals surface area (Å²) in [6.07, 6.45) is 0.775. The van der Waals surface area contributed by atoms with Crippen LogP contribution in [0.2, 0.25) is 0 Å². The first-order valence-corrected chi connectivity index (χ1v) is 9.52. The number of likely N-dealkylation sites (tertiary alicyclic amines) is 1. The number of nitro groups is 1. The first kappa shape index (κ1) is 17.3. The lowest BCUT2D eigenvalue weighted by atomic mass is 9.94. The predicted octanol–water partition coefficient (Wildman–Crippen LogP) is 2.01. The molecule has 0 saturated carbocycles. The Kier molecular flexibility index (Phi) is 5.21. The van der Waals surface area contributed by atoms with E-state index in [9.17, 15) is 18.5 Å². The van der Waals surface area contributed by atoms with Crippen LogP contribution in [0.15, 0.2) is 16.3 Å². The van der Waals surface area contributed by atoms with E-state index in [1.165, 1.54) is 9.69 Å². The van der Waals surface area contributed by atoms with Crippen LogP contribution in [0.4, 0.5) is 5.00 Å². The summed E-state index contributed by atoms with van der Waals surface area (Å²) in [5.74, 6) is 0.224.